The zero-order chi connectivity index (χ0) is 15.4. The molecule has 4 nitrogen and oxygen atoms in total. The molecule has 106 valence electrons. The van der Waals surface area contributed by atoms with Crippen molar-refractivity contribution in [2.45, 2.75) is 5.38 Å². The van der Waals surface area contributed by atoms with Gasteiger partial charge in [0.25, 0.3) is 11.7 Å². The van der Waals surface area contributed by atoms with E-state index < -0.39 is 22.9 Å². The normalized spacial score (nSPS) is 11.7. The summed E-state index contributed by atoms with van der Waals surface area (Å²) in [6.07, 6.45) is 0. The summed E-state index contributed by atoms with van der Waals surface area (Å²) in [6.45, 7) is 0. The van der Waals surface area contributed by atoms with E-state index in [4.69, 9.17) is 17.3 Å². The van der Waals surface area contributed by atoms with E-state index in [0.717, 1.165) is 0 Å². The van der Waals surface area contributed by atoms with Crippen molar-refractivity contribution in [2.24, 2.45) is 5.73 Å². The number of halogens is 1. The van der Waals surface area contributed by atoms with Crippen LogP contribution in [0.3, 0.4) is 0 Å². The molecule has 0 aliphatic carbocycles. The van der Waals surface area contributed by atoms with Gasteiger partial charge in [-0.3, -0.25) is 14.4 Å². The maximum absolute atomic E-state index is 12.5. The van der Waals surface area contributed by atoms with E-state index in [1.165, 1.54) is 12.1 Å². The molecule has 0 unspecified atom stereocenters. The number of rotatable bonds is 5. The Kier molecular flexibility index (Phi) is 4.50. The summed E-state index contributed by atoms with van der Waals surface area (Å²) in [5.74, 6) is -2.47. The largest absolute Gasteiger partial charge is 0.363 e. The predicted molar refractivity (Wildman–Crippen MR) is 79.3 cm³/mol. The molecule has 0 aromatic heterocycles. The van der Waals surface area contributed by atoms with Gasteiger partial charge in [-0.25, -0.2) is 0 Å². The number of ketones is 2. The van der Waals surface area contributed by atoms with Crippen LogP contribution < -0.4 is 5.73 Å². The van der Waals surface area contributed by atoms with Crippen LogP contribution in [0.5, 0.6) is 0 Å². The summed E-state index contributed by atoms with van der Waals surface area (Å²) >= 11 is 6.17. The zero-order valence-corrected chi connectivity index (χ0v) is 11.7. The number of hydrogen-bond donors (Lipinski definition) is 1. The lowest BCUT2D eigenvalue weighted by atomic mass is 9.96. The van der Waals surface area contributed by atoms with Crippen molar-refractivity contribution in [3.05, 3.63) is 71.3 Å². The van der Waals surface area contributed by atoms with E-state index >= 15 is 0 Å². The van der Waals surface area contributed by atoms with Crippen molar-refractivity contribution in [3.8, 4) is 0 Å². The van der Waals surface area contributed by atoms with Crippen LogP contribution in [-0.4, -0.2) is 17.5 Å². The topological polar surface area (TPSA) is 77.2 Å². The highest BCUT2D eigenvalue weighted by atomic mass is 35.5. The third-order valence-corrected chi connectivity index (χ3v) is 3.43. The number of hydrogen-bond acceptors (Lipinski definition) is 3. The Morgan fingerprint density at radius 3 is 1.95 bits per heavy atom. The minimum atomic E-state index is -1.11. The SMILES string of the molecule is NC(=O)C(=O)c1ccccc1C(=O)[C@@H](Cl)c1ccccc1. The fourth-order valence-corrected chi connectivity index (χ4v) is 2.20. The highest BCUT2D eigenvalue weighted by Gasteiger charge is 2.25. The lowest BCUT2D eigenvalue weighted by Gasteiger charge is -2.11. The van der Waals surface area contributed by atoms with Crippen molar-refractivity contribution in [1.82, 2.24) is 0 Å². The number of carbonyl (C=O) groups is 3. The van der Waals surface area contributed by atoms with Gasteiger partial charge in [-0.05, 0) is 5.56 Å². The van der Waals surface area contributed by atoms with E-state index in [1.54, 1.807) is 36.4 Å². The molecule has 2 rings (SSSR count). The van der Waals surface area contributed by atoms with Crippen LogP contribution in [0.25, 0.3) is 0 Å². The first-order chi connectivity index (χ1) is 10.0. The predicted octanol–water partition coefficient (Wildman–Crippen LogP) is 2.52. The molecule has 0 aliphatic rings. The fourth-order valence-electron chi connectivity index (χ4n) is 1.94. The zero-order valence-electron chi connectivity index (χ0n) is 11.0. The first kappa shape index (κ1) is 14.9. The van der Waals surface area contributed by atoms with E-state index in [2.05, 4.69) is 0 Å². The molecule has 0 bridgehead atoms. The van der Waals surface area contributed by atoms with E-state index in [1.807, 2.05) is 6.07 Å². The molecule has 1 atom stereocenters. The van der Waals surface area contributed by atoms with E-state index in [9.17, 15) is 14.4 Å². The third kappa shape index (κ3) is 3.17. The summed E-state index contributed by atoms with van der Waals surface area (Å²) in [5.41, 5.74) is 5.66. The van der Waals surface area contributed by atoms with Crippen LogP contribution in [0.15, 0.2) is 54.6 Å². The smallest absolute Gasteiger partial charge is 0.289 e. The molecule has 0 fully saturated rings. The lowest BCUT2D eigenvalue weighted by molar-refractivity contribution is -0.114. The Morgan fingerprint density at radius 2 is 1.38 bits per heavy atom. The quantitative estimate of drug-likeness (QED) is 0.523. The number of nitrogens with two attached hydrogens (primary N) is 1. The number of Topliss-reactive ketones (excluding diaryl/α,β-unsaturated/α-hetero) is 2. The van der Waals surface area contributed by atoms with Gasteiger partial charge in [0.15, 0.2) is 5.78 Å². The highest BCUT2D eigenvalue weighted by molar-refractivity contribution is 6.44. The number of amides is 1. The van der Waals surface area contributed by atoms with Crippen molar-refractivity contribution in [1.29, 1.82) is 0 Å². The molecule has 0 radical (unpaired) electrons. The van der Waals surface area contributed by atoms with E-state index in [0.29, 0.717) is 5.56 Å². The molecule has 1 amide bonds. The van der Waals surface area contributed by atoms with Gasteiger partial charge in [-0.2, -0.15) is 0 Å². The molecule has 0 aliphatic heterocycles. The van der Waals surface area contributed by atoms with Crippen molar-refractivity contribution in [2.75, 3.05) is 0 Å². The molecule has 0 spiro atoms. The first-order valence-electron chi connectivity index (χ1n) is 6.18. The lowest BCUT2D eigenvalue weighted by Crippen LogP contribution is -2.25. The molecule has 0 heterocycles. The standard InChI is InChI=1S/C16H12ClNO3/c17-13(10-6-2-1-3-7-10)14(19)11-8-4-5-9-12(11)15(20)16(18)21/h1-9,13H,(H2,18,21)/t13-/m0/s1. The van der Waals surface area contributed by atoms with Gasteiger partial charge in [0.2, 0.25) is 0 Å². The summed E-state index contributed by atoms with van der Waals surface area (Å²) in [4.78, 5) is 35.3. The summed E-state index contributed by atoms with van der Waals surface area (Å²) in [7, 11) is 0. The van der Waals surface area contributed by atoms with Crippen LogP contribution >= 0.6 is 11.6 Å². The van der Waals surface area contributed by atoms with Gasteiger partial charge in [0.05, 0.1) is 0 Å². The monoisotopic (exact) mass is 301 g/mol. The highest BCUT2D eigenvalue weighted by Crippen LogP contribution is 2.26. The van der Waals surface area contributed by atoms with Crippen LogP contribution in [-0.2, 0) is 4.79 Å². The van der Waals surface area contributed by atoms with Crippen molar-refractivity contribution >= 4 is 29.1 Å². The Hall–Kier alpha value is -2.46. The number of primary amides is 1. The Bertz CT molecular complexity index is 698. The molecular formula is C16H12ClNO3. The number of alkyl halides is 1. The maximum atomic E-state index is 12.5. The summed E-state index contributed by atoms with van der Waals surface area (Å²) < 4.78 is 0. The van der Waals surface area contributed by atoms with Gasteiger partial charge in [-0.15, -0.1) is 11.6 Å². The van der Waals surface area contributed by atoms with E-state index in [-0.39, 0.29) is 11.1 Å². The average Bonchev–Trinajstić information content (AvgIpc) is 2.53. The molecule has 2 aromatic rings. The molecule has 5 heteroatoms. The second-order valence-corrected chi connectivity index (χ2v) is 4.81. The van der Waals surface area contributed by atoms with Crippen LogP contribution in [0, 0.1) is 0 Å². The Labute approximate surface area is 126 Å². The molecule has 0 saturated carbocycles. The van der Waals surface area contributed by atoms with Crippen molar-refractivity contribution in [3.63, 3.8) is 0 Å². The van der Waals surface area contributed by atoms with Gasteiger partial charge in [-0.1, -0.05) is 54.6 Å². The molecular weight excluding hydrogens is 290 g/mol. The Balaban J connectivity index is 2.40. The number of carbonyl (C=O) groups excluding carboxylic acids is 3. The minimum Gasteiger partial charge on any atom is -0.363 e. The average molecular weight is 302 g/mol. The minimum absolute atomic E-state index is 0.0309. The molecule has 21 heavy (non-hydrogen) atoms. The summed E-state index contributed by atoms with van der Waals surface area (Å²) in [6, 6.07) is 14.8. The molecule has 2 N–H and O–H groups in total. The Morgan fingerprint density at radius 1 is 0.857 bits per heavy atom. The molecule has 2 aromatic carbocycles. The maximum Gasteiger partial charge on any atom is 0.289 e. The second kappa shape index (κ2) is 6.33. The van der Waals surface area contributed by atoms with Gasteiger partial charge in [0.1, 0.15) is 5.38 Å². The third-order valence-electron chi connectivity index (χ3n) is 2.98. The second-order valence-electron chi connectivity index (χ2n) is 4.38. The molecule has 0 saturated heterocycles. The van der Waals surface area contributed by atoms with Crippen LogP contribution in [0.4, 0.5) is 0 Å². The van der Waals surface area contributed by atoms with Gasteiger partial charge >= 0.3 is 0 Å². The fraction of sp³-hybridized carbons (Fsp3) is 0.0625. The number of benzene rings is 2. The van der Waals surface area contributed by atoms with Gasteiger partial charge < -0.3 is 5.73 Å². The van der Waals surface area contributed by atoms with Crippen LogP contribution in [0.1, 0.15) is 31.7 Å². The van der Waals surface area contributed by atoms with Crippen LogP contribution in [0.2, 0.25) is 0 Å². The van der Waals surface area contributed by atoms with Gasteiger partial charge in [0, 0.05) is 11.1 Å². The van der Waals surface area contributed by atoms with Crippen molar-refractivity contribution < 1.29 is 14.4 Å². The summed E-state index contributed by atoms with van der Waals surface area (Å²) in [5, 5.41) is -0.937. The first-order valence-corrected chi connectivity index (χ1v) is 6.62.